The molecule has 0 spiro atoms. The molecule has 5 nitrogen and oxygen atoms in total. The van der Waals surface area contributed by atoms with Crippen molar-refractivity contribution in [2.75, 3.05) is 0 Å². The highest BCUT2D eigenvalue weighted by Crippen LogP contribution is 2.41. The normalized spacial score (nSPS) is 13.0. The lowest BCUT2D eigenvalue weighted by molar-refractivity contribution is -0.137. The van der Waals surface area contributed by atoms with E-state index in [1.807, 2.05) is 79.1 Å². The lowest BCUT2D eigenvalue weighted by atomic mass is 9.84. The van der Waals surface area contributed by atoms with E-state index in [2.05, 4.69) is 20.3 Å². The number of halogens is 3. The number of aromatic nitrogens is 5. The van der Waals surface area contributed by atoms with Crippen molar-refractivity contribution in [2.45, 2.75) is 12.1 Å². The summed E-state index contributed by atoms with van der Waals surface area (Å²) in [5.41, 5.74) is 6.45. The fraction of sp³-hybridized carbons (Fsp3) is 0.0667. The third-order valence-corrected chi connectivity index (χ3v) is 7.11. The van der Waals surface area contributed by atoms with Gasteiger partial charge in [0.15, 0.2) is 0 Å². The van der Waals surface area contributed by atoms with Gasteiger partial charge in [0.2, 0.25) is 0 Å². The first-order valence-electron chi connectivity index (χ1n) is 12.1. The van der Waals surface area contributed by atoms with Gasteiger partial charge >= 0.3 is 6.18 Å². The van der Waals surface area contributed by atoms with E-state index in [4.69, 9.17) is 0 Å². The zero-order valence-electron chi connectivity index (χ0n) is 19.9. The summed E-state index contributed by atoms with van der Waals surface area (Å²) in [5.74, 6) is -0.315. The predicted octanol–water partition coefficient (Wildman–Crippen LogP) is 7.58. The molecule has 1 unspecified atom stereocenters. The molecular formula is C30H20F3N5. The third-order valence-electron chi connectivity index (χ3n) is 7.11. The zero-order chi connectivity index (χ0) is 25.9. The lowest BCUT2D eigenvalue weighted by Gasteiger charge is -2.18. The highest BCUT2D eigenvalue weighted by Gasteiger charge is 2.31. The van der Waals surface area contributed by atoms with Gasteiger partial charge in [0.05, 0.1) is 16.8 Å². The molecule has 0 aliphatic carbocycles. The molecule has 38 heavy (non-hydrogen) atoms. The van der Waals surface area contributed by atoms with Crippen molar-refractivity contribution in [3.8, 4) is 5.69 Å². The zero-order valence-corrected chi connectivity index (χ0v) is 19.9. The molecule has 1 atom stereocenters. The van der Waals surface area contributed by atoms with E-state index in [0.717, 1.165) is 67.3 Å². The topological polar surface area (TPSA) is 62.3 Å². The van der Waals surface area contributed by atoms with Crippen molar-refractivity contribution in [1.82, 2.24) is 25.0 Å². The minimum atomic E-state index is -4.40. The SMILES string of the molecule is FC(F)(F)c1ccc(C(c2c[nH]c3ccccc23)c2c[nH]c3ccc(-n4nnc5ccccc54)cc23)cc1. The average molecular weight is 508 g/mol. The molecule has 0 aliphatic heterocycles. The Balaban J connectivity index is 1.44. The summed E-state index contributed by atoms with van der Waals surface area (Å²) in [6.07, 6.45) is -0.510. The van der Waals surface area contributed by atoms with E-state index >= 15 is 0 Å². The number of hydrogen-bond donors (Lipinski definition) is 2. The molecule has 8 heteroatoms. The monoisotopic (exact) mass is 507 g/mol. The van der Waals surface area contributed by atoms with Crippen molar-refractivity contribution in [3.05, 3.63) is 126 Å². The smallest absolute Gasteiger partial charge is 0.361 e. The van der Waals surface area contributed by atoms with Crippen LogP contribution >= 0.6 is 0 Å². The lowest BCUT2D eigenvalue weighted by Crippen LogP contribution is -2.07. The molecule has 186 valence electrons. The highest BCUT2D eigenvalue weighted by atomic mass is 19.4. The van der Waals surface area contributed by atoms with E-state index in [0.29, 0.717) is 0 Å². The molecular weight excluding hydrogens is 487 g/mol. The number of para-hydroxylation sites is 2. The summed E-state index contributed by atoms with van der Waals surface area (Å²) in [4.78, 5) is 6.68. The molecule has 0 saturated carbocycles. The van der Waals surface area contributed by atoms with E-state index in [1.165, 1.54) is 0 Å². The quantitative estimate of drug-likeness (QED) is 0.258. The van der Waals surface area contributed by atoms with Crippen LogP contribution in [0.25, 0.3) is 38.5 Å². The Morgan fingerprint density at radius 1 is 0.711 bits per heavy atom. The Morgan fingerprint density at radius 3 is 2.18 bits per heavy atom. The van der Waals surface area contributed by atoms with Crippen LogP contribution in [-0.2, 0) is 6.18 Å². The van der Waals surface area contributed by atoms with E-state index in [9.17, 15) is 13.2 Å². The first-order valence-corrected chi connectivity index (χ1v) is 12.1. The summed E-state index contributed by atoms with van der Waals surface area (Å²) < 4.78 is 41.8. The van der Waals surface area contributed by atoms with Gasteiger partial charge in [0.1, 0.15) is 5.52 Å². The summed E-state index contributed by atoms with van der Waals surface area (Å²) >= 11 is 0. The maximum Gasteiger partial charge on any atom is 0.416 e. The molecule has 0 amide bonds. The van der Waals surface area contributed by atoms with Gasteiger partial charge in [-0.2, -0.15) is 13.2 Å². The molecule has 4 aromatic carbocycles. The number of fused-ring (bicyclic) bond motifs is 3. The van der Waals surface area contributed by atoms with Crippen LogP contribution in [0.4, 0.5) is 13.2 Å². The Bertz CT molecular complexity index is 1930. The van der Waals surface area contributed by atoms with Crippen molar-refractivity contribution in [2.24, 2.45) is 0 Å². The van der Waals surface area contributed by atoms with Crippen molar-refractivity contribution < 1.29 is 13.2 Å². The molecule has 0 saturated heterocycles. The van der Waals surface area contributed by atoms with Gasteiger partial charge in [-0.25, -0.2) is 4.68 Å². The maximum atomic E-state index is 13.4. The molecule has 0 aliphatic rings. The van der Waals surface area contributed by atoms with E-state index in [1.54, 1.807) is 16.8 Å². The second-order valence-corrected chi connectivity index (χ2v) is 9.31. The van der Waals surface area contributed by atoms with Gasteiger partial charge in [-0.15, -0.1) is 5.10 Å². The van der Waals surface area contributed by atoms with Gasteiger partial charge in [-0.3, -0.25) is 0 Å². The second-order valence-electron chi connectivity index (χ2n) is 9.31. The fourth-order valence-electron chi connectivity index (χ4n) is 5.28. The Hall–Kier alpha value is -4.85. The van der Waals surface area contributed by atoms with Crippen molar-refractivity contribution in [1.29, 1.82) is 0 Å². The number of rotatable bonds is 4. The summed E-state index contributed by atoms with van der Waals surface area (Å²) in [7, 11) is 0. The molecule has 2 N–H and O–H groups in total. The molecule has 0 fully saturated rings. The molecule has 3 heterocycles. The van der Waals surface area contributed by atoms with Gasteiger partial charge in [0, 0.05) is 40.1 Å². The van der Waals surface area contributed by atoms with Crippen molar-refractivity contribution in [3.63, 3.8) is 0 Å². The molecule has 7 rings (SSSR count). The van der Waals surface area contributed by atoms with Crippen LogP contribution in [0.5, 0.6) is 0 Å². The van der Waals surface area contributed by atoms with Crippen molar-refractivity contribution >= 4 is 32.8 Å². The third kappa shape index (κ3) is 3.56. The molecule has 0 radical (unpaired) electrons. The minimum absolute atomic E-state index is 0.315. The van der Waals surface area contributed by atoms with E-state index < -0.39 is 11.7 Å². The first-order chi connectivity index (χ1) is 18.5. The predicted molar refractivity (Wildman–Crippen MR) is 141 cm³/mol. The van der Waals surface area contributed by atoms with Gasteiger partial charge < -0.3 is 9.97 Å². The standard InChI is InChI=1S/C30H20F3N5/c31-30(32,33)19-11-9-18(10-12-19)29(23-16-34-25-6-2-1-5-21(23)25)24-17-35-26-14-13-20(15-22(24)26)38-28-8-4-3-7-27(28)36-37-38/h1-17,29,34-35H. The largest absolute Gasteiger partial charge is 0.416 e. The van der Waals surface area contributed by atoms with Crippen LogP contribution in [0, 0.1) is 0 Å². The molecule has 0 bridgehead atoms. The van der Waals surface area contributed by atoms with Gasteiger partial charge in [-0.05, 0) is 65.2 Å². The fourth-order valence-corrected chi connectivity index (χ4v) is 5.28. The van der Waals surface area contributed by atoms with Crippen LogP contribution in [-0.4, -0.2) is 25.0 Å². The van der Waals surface area contributed by atoms with Crippen LogP contribution in [0.15, 0.2) is 103 Å². The van der Waals surface area contributed by atoms with Crippen LogP contribution in [0.2, 0.25) is 0 Å². The number of nitrogens with one attached hydrogen (secondary N) is 2. The van der Waals surface area contributed by atoms with Crippen LogP contribution in [0.1, 0.15) is 28.2 Å². The van der Waals surface area contributed by atoms with Crippen LogP contribution < -0.4 is 0 Å². The number of benzene rings is 4. The van der Waals surface area contributed by atoms with Crippen LogP contribution in [0.3, 0.4) is 0 Å². The van der Waals surface area contributed by atoms with Gasteiger partial charge in [-0.1, -0.05) is 47.7 Å². The Labute approximate surface area is 214 Å². The number of nitrogens with zero attached hydrogens (tertiary/aromatic N) is 3. The van der Waals surface area contributed by atoms with Gasteiger partial charge in [0.25, 0.3) is 0 Å². The number of alkyl halides is 3. The summed E-state index contributed by atoms with van der Waals surface area (Å²) in [6.45, 7) is 0. The Morgan fingerprint density at radius 2 is 1.39 bits per heavy atom. The number of hydrogen-bond acceptors (Lipinski definition) is 2. The maximum absolute atomic E-state index is 13.4. The molecule has 3 aromatic heterocycles. The second kappa shape index (κ2) is 8.34. The summed E-state index contributed by atoms with van der Waals surface area (Å²) in [6, 6.07) is 27.1. The summed E-state index contributed by atoms with van der Waals surface area (Å²) in [5, 5.41) is 10.6. The first kappa shape index (κ1) is 22.4. The minimum Gasteiger partial charge on any atom is -0.361 e. The molecule has 7 aromatic rings. The highest BCUT2D eigenvalue weighted by molar-refractivity contribution is 5.90. The Kier molecular flexibility index (Phi) is 4.91. The number of H-pyrrole nitrogens is 2. The average Bonchev–Trinajstić information content (AvgIpc) is 3.66. The van der Waals surface area contributed by atoms with E-state index in [-0.39, 0.29) is 5.92 Å². The number of aromatic amines is 2.